The summed E-state index contributed by atoms with van der Waals surface area (Å²) in [7, 11) is -1.93. The molecule has 0 atom stereocenters. The zero-order valence-corrected chi connectivity index (χ0v) is 20.4. The molecule has 0 spiro atoms. The molecule has 0 aliphatic rings. The molecule has 0 aliphatic heterocycles. The average molecular weight is 397 g/mol. The fourth-order valence-electron chi connectivity index (χ4n) is 2.82. The summed E-state index contributed by atoms with van der Waals surface area (Å²) in [5, 5.41) is 0.105. The van der Waals surface area contributed by atoms with E-state index < -0.39 is 8.32 Å². The van der Waals surface area contributed by atoms with Crippen molar-refractivity contribution in [3.8, 4) is 0 Å². The van der Waals surface area contributed by atoms with Crippen molar-refractivity contribution in [1.29, 1.82) is 0 Å². The Morgan fingerprint density at radius 3 is 1.70 bits per heavy atom. The Morgan fingerprint density at radius 2 is 1.22 bits per heavy atom. The van der Waals surface area contributed by atoms with E-state index in [1.807, 2.05) is 0 Å². The van der Waals surface area contributed by atoms with Crippen LogP contribution in [0.2, 0.25) is 18.1 Å². The zero-order valence-electron chi connectivity index (χ0n) is 19.4. The van der Waals surface area contributed by atoms with E-state index in [1.54, 1.807) is 0 Å². The van der Waals surface area contributed by atoms with Gasteiger partial charge in [0.05, 0.1) is 0 Å². The summed E-state index contributed by atoms with van der Waals surface area (Å²) in [6, 6.07) is 0. The predicted octanol–water partition coefficient (Wildman–Crippen LogP) is 8.57. The van der Waals surface area contributed by atoms with Crippen LogP contribution in [0.4, 0.5) is 0 Å². The number of unbranched alkanes of at least 4 members (excludes halogenated alkanes) is 11. The highest BCUT2D eigenvalue weighted by atomic mass is 28.4. The SMILES string of the molecule is CCCC/C=C/CCCCCCCCCCCC(=O)O[Si](C)(C)C(C)(C)C. The second-order valence-corrected chi connectivity index (χ2v) is 14.3. The molecule has 3 heteroatoms. The summed E-state index contributed by atoms with van der Waals surface area (Å²) in [6.45, 7) is 13.1. The van der Waals surface area contributed by atoms with E-state index >= 15 is 0 Å². The number of hydrogen-bond donors (Lipinski definition) is 0. The predicted molar refractivity (Wildman–Crippen MR) is 123 cm³/mol. The van der Waals surface area contributed by atoms with Crippen LogP contribution in [0.25, 0.3) is 0 Å². The van der Waals surface area contributed by atoms with Gasteiger partial charge in [-0.15, -0.1) is 0 Å². The van der Waals surface area contributed by atoms with Crippen LogP contribution >= 0.6 is 0 Å². The van der Waals surface area contributed by atoms with Crippen LogP contribution in [-0.2, 0) is 9.22 Å². The van der Waals surface area contributed by atoms with Gasteiger partial charge in [-0.3, -0.25) is 4.79 Å². The lowest BCUT2D eigenvalue weighted by molar-refractivity contribution is -0.135. The van der Waals surface area contributed by atoms with Crippen molar-refractivity contribution >= 4 is 14.3 Å². The van der Waals surface area contributed by atoms with Crippen molar-refractivity contribution in [3.05, 3.63) is 12.2 Å². The van der Waals surface area contributed by atoms with Crippen molar-refractivity contribution in [2.24, 2.45) is 0 Å². The first kappa shape index (κ1) is 26.4. The second-order valence-electron chi connectivity index (χ2n) is 9.57. The highest BCUT2D eigenvalue weighted by Crippen LogP contribution is 2.36. The molecule has 0 rings (SSSR count). The molecule has 0 N–H and O–H groups in total. The van der Waals surface area contributed by atoms with Crippen molar-refractivity contribution in [2.75, 3.05) is 0 Å². The number of allylic oxidation sites excluding steroid dienone is 2. The lowest BCUT2D eigenvalue weighted by atomic mass is 10.1. The van der Waals surface area contributed by atoms with Crippen molar-refractivity contribution in [1.82, 2.24) is 0 Å². The van der Waals surface area contributed by atoms with Gasteiger partial charge in [0.2, 0.25) is 0 Å². The summed E-state index contributed by atoms with van der Waals surface area (Å²) >= 11 is 0. The maximum Gasteiger partial charge on any atom is 0.292 e. The smallest absolute Gasteiger partial charge is 0.292 e. The minimum Gasteiger partial charge on any atom is -0.519 e. The lowest BCUT2D eigenvalue weighted by Gasteiger charge is -2.35. The standard InChI is InChI=1S/C24H48O2Si/c1-7-8-9-10-11-12-13-14-15-16-17-18-19-20-21-22-23(25)26-27(5,6)24(2,3)4/h10-11H,7-9,12-22H2,1-6H3/b11-10+. The number of rotatable bonds is 16. The third kappa shape index (κ3) is 15.1. The molecular formula is C24H48O2Si. The Balaban J connectivity index is 3.43. The number of carbonyl (C=O) groups excluding carboxylic acids is 1. The van der Waals surface area contributed by atoms with Gasteiger partial charge in [0, 0.05) is 6.42 Å². The molecule has 27 heavy (non-hydrogen) atoms. The minimum absolute atomic E-state index is 0.0188. The molecule has 0 aromatic heterocycles. The first-order valence-corrected chi connectivity index (χ1v) is 14.5. The molecule has 0 fully saturated rings. The Morgan fingerprint density at radius 1 is 0.778 bits per heavy atom. The molecule has 0 amide bonds. The number of carbonyl (C=O) groups is 1. The molecule has 0 unspecified atom stereocenters. The van der Waals surface area contributed by atoms with Gasteiger partial charge in [0.25, 0.3) is 14.3 Å². The van der Waals surface area contributed by atoms with Crippen molar-refractivity contribution < 1.29 is 9.22 Å². The van der Waals surface area contributed by atoms with Gasteiger partial charge in [-0.2, -0.15) is 0 Å². The van der Waals surface area contributed by atoms with Gasteiger partial charge in [-0.25, -0.2) is 0 Å². The summed E-state index contributed by atoms with van der Waals surface area (Å²) in [4.78, 5) is 12.0. The van der Waals surface area contributed by atoms with Gasteiger partial charge in [-0.1, -0.05) is 97.6 Å². The summed E-state index contributed by atoms with van der Waals surface area (Å²) in [5.74, 6) is 0.0188. The van der Waals surface area contributed by atoms with Gasteiger partial charge in [0.15, 0.2) is 0 Å². The Hall–Kier alpha value is -0.573. The van der Waals surface area contributed by atoms with Crippen molar-refractivity contribution in [2.45, 2.75) is 136 Å². The van der Waals surface area contributed by atoms with E-state index in [9.17, 15) is 4.79 Å². The molecular weight excluding hydrogens is 348 g/mol. The maximum atomic E-state index is 12.0. The molecule has 0 saturated heterocycles. The highest BCUT2D eigenvalue weighted by Gasteiger charge is 2.40. The summed E-state index contributed by atoms with van der Waals surface area (Å²) < 4.78 is 5.82. The zero-order chi connectivity index (χ0) is 20.6. The summed E-state index contributed by atoms with van der Waals surface area (Å²) in [5.41, 5.74) is 0. The lowest BCUT2D eigenvalue weighted by Crippen LogP contribution is -2.42. The average Bonchev–Trinajstić information content (AvgIpc) is 2.57. The van der Waals surface area contributed by atoms with E-state index in [1.165, 1.54) is 70.6 Å². The molecule has 160 valence electrons. The molecule has 2 nitrogen and oxygen atoms in total. The first-order chi connectivity index (χ1) is 12.7. The van der Waals surface area contributed by atoms with Crippen LogP contribution < -0.4 is 0 Å². The molecule has 0 radical (unpaired) electrons. The van der Waals surface area contributed by atoms with Gasteiger partial charge >= 0.3 is 0 Å². The molecule has 0 saturated carbocycles. The quantitative estimate of drug-likeness (QED) is 0.148. The molecule has 0 aromatic carbocycles. The van der Waals surface area contributed by atoms with Gasteiger partial charge in [-0.05, 0) is 43.8 Å². The first-order valence-electron chi connectivity index (χ1n) is 11.6. The Bertz CT molecular complexity index is 394. The molecule has 0 bridgehead atoms. The van der Waals surface area contributed by atoms with Gasteiger partial charge in [0.1, 0.15) is 0 Å². The topological polar surface area (TPSA) is 26.3 Å². The van der Waals surface area contributed by atoms with Crippen LogP contribution in [0.5, 0.6) is 0 Å². The van der Waals surface area contributed by atoms with Crippen LogP contribution in [-0.4, -0.2) is 14.3 Å². The van der Waals surface area contributed by atoms with Crippen LogP contribution in [0, 0.1) is 0 Å². The van der Waals surface area contributed by atoms with E-state index in [0.29, 0.717) is 6.42 Å². The summed E-state index contributed by atoms with van der Waals surface area (Å²) in [6.07, 6.45) is 22.0. The fourth-order valence-corrected chi connectivity index (χ4v) is 3.79. The minimum atomic E-state index is -1.93. The van der Waals surface area contributed by atoms with E-state index in [2.05, 4.69) is 52.9 Å². The van der Waals surface area contributed by atoms with E-state index in [0.717, 1.165) is 12.8 Å². The number of hydrogen-bond acceptors (Lipinski definition) is 2. The van der Waals surface area contributed by atoms with Crippen LogP contribution in [0.1, 0.15) is 118 Å². The third-order valence-corrected chi connectivity index (χ3v) is 10.2. The van der Waals surface area contributed by atoms with Crippen LogP contribution in [0.3, 0.4) is 0 Å². The highest BCUT2D eigenvalue weighted by molar-refractivity contribution is 6.75. The fraction of sp³-hybridized carbons (Fsp3) is 0.875. The maximum absolute atomic E-state index is 12.0. The third-order valence-electron chi connectivity index (χ3n) is 5.82. The Kier molecular flexibility index (Phi) is 15.0. The normalized spacial score (nSPS) is 12.7. The largest absolute Gasteiger partial charge is 0.519 e. The second kappa shape index (κ2) is 15.4. The monoisotopic (exact) mass is 396 g/mol. The van der Waals surface area contributed by atoms with E-state index in [-0.39, 0.29) is 11.0 Å². The molecule has 0 aromatic rings. The van der Waals surface area contributed by atoms with Crippen LogP contribution in [0.15, 0.2) is 12.2 Å². The molecule has 0 heterocycles. The van der Waals surface area contributed by atoms with E-state index in [4.69, 9.17) is 4.43 Å². The van der Waals surface area contributed by atoms with Gasteiger partial charge < -0.3 is 4.43 Å². The Labute approximate surface area is 171 Å². The van der Waals surface area contributed by atoms with Crippen molar-refractivity contribution in [3.63, 3.8) is 0 Å². The molecule has 0 aliphatic carbocycles.